The molecular weight excluding hydrogens is 232 g/mol. The van der Waals surface area contributed by atoms with Crippen molar-refractivity contribution in [2.24, 2.45) is 5.92 Å². The van der Waals surface area contributed by atoms with Crippen LogP contribution in [-0.2, 0) is 4.79 Å². The number of aliphatic carboxylic acids is 1. The lowest BCUT2D eigenvalue weighted by molar-refractivity contribution is -0.134. The first kappa shape index (κ1) is 14.2. The topological polar surface area (TPSA) is 87.1 Å². The predicted octanol–water partition coefficient (Wildman–Crippen LogP) is 1.74. The lowest BCUT2D eigenvalue weighted by atomic mass is 10.1. The summed E-state index contributed by atoms with van der Waals surface area (Å²) in [4.78, 5) is 18.8. The van der Waals surface area contributed by atoms with Crippen LogP contribution < -0.4 is 10.6 Å². The van der Waals surface area contributed by atoms with Crippen molar-refractivity contribution in [1.29, 1.82) is 0 Å². The van der Waals surface area contributed by atoms with E-state index in [1.807, 2.05) is 0 Å². The number of carbonyl (C=O) groups is 1. The molecule has 1 aromatic rings. The standard InChI is InChI=1S/C12H20N4O2/c1-8(2)4-5-13-10-6-11(14-7-12(17)18)16-9(3)15-10/h6,8H,4-5,7H2,1-3H3,(H,17,18)(H2,13,14,15,16). The molecule has 6 nitrogen and oxygen atoms in total. The van der Waals surface area contributed by atoms with Gasteiger partial charge in [-0.3, -0.25) is 4.79 Å². The van der Waals surface area contributed by atoms with Gasteiger partial charge in [0.15, 0.2) is 0 Å². The molecule has 0 aliphatic heterocycles. The van der Waals surface area contributed by atoms with Crippen LogP contribution >= 0.6 is 0 Å². The number of aryl methyl sites for hydroxylation is 1. The summed E-state index contributed by atoms with van der Waals surface area (Å²) in [5.74, 6) is 1.57. The van der Waals surface area contributed by atoms with Crippen LogP contribution in [0.1, 0.15) is 26.1 Å². The van der Waals surface area contributed by atoms with Crippen LogP contribution in [0.15, 0.2) is 6.07 Å². The average molecular weight is 252 g/mol. The minimum Gasteiger partial charge on any atom is -0.480 e. The van der Waals surface area contributed by atoms with Gasteiger partial charge >= 0.3 is 5.97 Å². The molecule has 0 spiro atoms. The molecule has 1 rings (SSSR count). The maximum Gasteiger partial charge on any atom is 0.322 e. The normalized spacial score (nSPS) is 10.4. The quantitative estimate of drug-likeness (QED) is 0.685. The average Bonchev–Trinajstić information content (AvgIpc) is 2.25. The molecule has 0 aliphatic carbocycles. The number of hydrogen-bond donors (Lipinski definition) is 3. The fraction of sp³-hybridized carbons (Fsp3) is 0.583. The summed E-state index contributed by atoms with van der Waals surface area (Å²) in [6.07, 6.45) is 1.06. The van der Waals surface area contributed by atoms with Crippen LogP contribution in [0.3, 0.4) is 0 Å². The third-order valence-corrected chi connectivity index (χ3v) is 2.29. The zero-order valence-corrected chi connectivity index (χ0v) is 11.0. The third-order valence-electron chi connectivity index (χ3n) is 2.29. The van der Waals surface area contributed by atoms with E-state index in [1.54, 1.807) is 13.0 Å². The van der Waals surface area contributed by atoms with Gasteiger partial charge in [0.25, 0.3) is 0 Å². The Balaban J connectivity index is 2.59. The number of rotatable bonds is 7. The highest BCUT2D eigenvalue weighted by Crippen LogP contribution is 2.11. The van der Waals surface area contributed by atoms with Crippen LogP contribution in [0, 0.1) is 12.8 Å². The van der Waals surface area contributed by atoms with Crippen molar-refractivity contribution < 1.29 is 9.90 Å². The summed E-state index contributed by atoms with van der Waals surface area (Å²) in [6.45, 7) is 6.79. The van der Waals surface area contributed by atoms with E-state index in [0.717, 1.165) is 18.8 Å². The number of carboxylic acid groups (broad SMARTS) is 1. The van der Waals surface area contributed by atoms with Crippen molar-refractivity contribution in [1.82, 2.24) is 9.97 Å². The molecule has 0 aromatic carbocycles. The van der Waals surface area contributed by atoms with Gasteiger partial charge in [0, 0.05) is 12.6 Å². The molecule has 0 aliphatic rings. The molecule has 100 valence electrons. The smallest absolute Gasteiger partial charge is 0.322 e. The zero-order chi connectivity index (χ0) is 13.5. The van der Waals surface area contributed by atoms with Crippen LogP contribution in [-0.4, -0.2) is 34.1 Å². The van der Waals surface area contributed by atoms with Crippen molar-refractivity contribution in [2.45, 2.75) is 27.2 Å². The Kier molecular flexibility index (Phi) is 5.35. The molecule has 0 atom stereocenters. The summed E-state index contributed by atoms with van der Waals surface area (Å²) < 4.78 is 0. The van der Waals surface area contributed by atoms with Crippen molar-refractivity contribution in [2.75, 3.05) is 23.7 Å². The molecule has 1 heterocycles. The Bertz CT molecular complexity index is 407. The lowest BCUT2D eigenvalue weighted by Gasteiger charge is -2.10. The van der Waals surface area contributed by atoms with Crippen LogP contribution in [0.25, 0.3) is 0 Å². The first-order valence-electron chi connectivity index (χ1n) is 6.02. The van der Waals surface area contributed by atoms with Crippen LogP contribution in [0.4, 0.5) is 11.6 Å². The maximum atomic E-state index is 10.5. The molecule has 0 radical (unpaired) electrons. The highest BCUT2D eigenvalue weighted by molar-refractivity contribution is 5.72. The van der Waals surface area contributed by atoms with E-state index in [1.165, 1.54) is 0 Å². The largest absolute Gasteiger partial charge is 0.480 e. The van der Waals surface area contributed by atoms with Crippen molar-refractivity contribution in [3.8, 4) is 0 Å². The molecule has 0 saturated heterocycles. The second-order valence-corrected chi connectivity index (χ2v) is 4.54. The van der Waals surface area contributed by atoms with Gasteiger partial charge in [0.1, 0.15) is 24.0 Å². The van der Waals surface area contributed by atoms with Crippen molar-refractivity contribution >= 4 is 17.6 Å². The molecule has 0 unspecified atom stereocenters. The minimum atomic E-state index is -0.916. The minimum absolute atomic E-state index is 0.151. The van der Waals surface area contributed by atoms with Crippen LogP contribution in [0.2, 0.25) is 0 Å². The molecule has 0 saturated carbocycles. The maximum absolute atomic E-state index is 10.5. The lowest BCUT2D eigenvalue weighted by Crippen LogP contribution is -2.14. The zero-order valence-electron chi connectivity index (χ0n) is 11.0. The monoisotopic (exact) mass is 252 g/mol. The fourth-order valence-electron chi connectivity index (χ4n) is 1.40. The van der Waals surface area contributed by atoms with Gasteiger partial charge in [0.2, 0.25) is 0 Å². The second kappa shape index (κ2) is 6.78. The number of carboxylic acids is 1. The molecule has 0 amide bonds. The number of aromatic nitrogens is 2. The first-order valence-corrected chi connectivity index (χ1v) is 6.02. The Morgan fingerprint density at radius 2 is 1.94 bits per heavy atom. The van der Waals surface area contributed by atoms with E-state index >= 15 is 0 Å². The Hall–Kier alpha value is -1.85. The van der Waals surface area contributed by atoms with Gasteiger partial charge in [-0.2, -0.15) is 0 Å². The molecule has 3 N–H and O–H groups in total. The summed E-state index contributed by atoms with van der Waals surface area (Å²) >= 11 is 0. The van der Waals surface area contributed by atoms with Gasteiger partial charge < -0.3 is 15.7 Å². The molecular formula is C12H20N4O2. The van der Waals surface area contributed by atoms with E-state index < -0.39 is 5.97 Å². The Labute approximate surface area is 107 Å². The van der Waals surface area contributed by atoms with Crippen molar-refractivity contribution in [3.05, 3.63) is 11.9 Å². The highest BCUT2D eigenvalue weighted by atomic mass is 16.4. The molecule has 0 bridgehead atoms. The van der Waals surface area contributed by atoms with Gasteiger partial charge in [-0.05, 0) is 19.3 Å². The summed E-state index contributed by atoms with van der Waals surface area (Å²) in [7, 11) is 0. The molecule has 0 fully saturated rings. The van der Waals surface area contributed by atoms with Gasteiger partial charge in [-0.25, -0.2) is 9.97 Å². The number of hydrogen-bond acceptors (Lipinski definition) is 5. The highest BCUT2D eigenvalue weighted by Gasteiger charge is 2.03. The van der Waals surface area contributed by atoms with E-state index in [-0.39, 0.29) is 6.54 Å². The third kappa shape index (κ3) is 5.47. The first-order chi connectivity index (χ1) is 8.47. The van der Waals surface area contributed by atoms with E-state index in [9.17, 15) is 4.79 Å². The van der Waals surface area contributed by atoms with E-state index in [2.05, 4.69) is 34.4 Å². The van der Waals surface area contributed by atoms with Gasteiger partial charge in [-0.1, -0.05) is 13.8 Å². The predicted molar refractivity (Wildman–Crippen MR) is 70.8 cm³/mol. The van der Waals surface area contributed by atoms with Crippen molar-refractivity contribution in [3.63, 3.8) is 0 Å². The van der Waals surface area contributed by atoms with Gasteiger partial charge in [0.05, 0.1) is 0 Å². The number of nitrogens with zero attached hydrogens (tertiary/aromatic N) is 2. The summed E-state index contributed by atoms with van der Waals surface area (Å²) in [5.41, 5.74) is 0. The van der Waals surface area contributed by atoms with Gasteiger partial charge in [-0.15, -0.1) is 0 Å². The molecule has 6 heteroatoms. The second-order valence-electron chi connectivity index (χ2n) is 4.54. The molecule has 1 aromatic heterocycles. The SMILES string of the molecule is Cc1nc(NCCC(C)C)cc(NCC(=O)O)n1. The van der Waals surface area contributed by atoms with E-state index in [4.69, 9.17) is 5.11 Å². The fourth-order valence-corrected chi connectivity index (χ4v) is 1.40. The Morgan fingerprint density at radius 3 is 2.50 bits per heavy atom. The number of nitrogens with one attached hydrogen (secondary N) is 2. The summed E-state index contributed by atoms with van der Waals surface area (Å²) in [5, 5.41) is 14.5. The summed E-state index contributed by atoms with van der Waals surface area (Å²) in [6, 6.07) is 1.72. The van der Waals surface area contributed by atoms with Crippen LogP contribution in [0.5, 0.6) is 0 Å². The molecule has 18 heavy (non-hydrogen) atoms. The Morgan fingerprint density at radius 1 is 1.33 bits per heavy atom. The number of anilines is 2. The van der Waals surface area contributed by atoms with E-state index in [0.29, 0.717) is 17.6 Å².